The Hall–Kier alpha value is -4.10. The fourth-order valence-electron chi connectivity index (χ4n) is 2.55. The van der Waals surface area contributed by atoms with Crippen LogP contribution in [0.5, 0.6) is 11.5 Å². The Balaban J connectivity index is 0. The first-order valence-corrected chi connectivity index (χ1v) is 11.9. The van der Waals surface area contributed by atoms with Crippen molar-refractivity contribution in [1.82, 2.24) is 0 Å². The van der Waals surface area contributed by atoms with E-state index in [9.17, 15) is 29.8 Å². The number of Topliss-reactive ketones (excluding diaryl/α,β-unsaturated/α-hetero) is 1. The zero-order valence-corrected chi connectivity index (χ0v) is 21.6. The van der Waals surface area contributed by atoms with Crippen LogP contribution in [0.3, 0.4) is 0 Å². The number of carbonyl (C=O) groups is 2. The molecule has 3 N–H and O–H groups in total. The summed E-state index contributed by atoms with van der Waals surface area (Å²) in [6, 6.07) is 11.3. The van der Waals surface area contributed by atoms with Gasteiger partial charge in [-0.25, -0.2) is 0 Å². The van der Waals surface area contributed by atoms with Crippen LogP contribution < -0.4 is 15.2 Å². The van der Waals surface area contributed by atoms with Crippen molar-refractivity contribution in [2.75, 3.05) is 33.5 Å². The van der Waals surface area contributed by atoms with E-state index in [1.54, 1.807) is 6.92 Å². The SMILES string of the molecule is C.C1CCOC1.CCC(=O)CCOc1ccc([N+](=O)[O-])cc1.CN.O=C(O)CCOc1ccc([N+](=O)[O-])cc1. The number of rotatable bonds is 11. The summed E-state index contributed by atoms with van der Waals surface area (Å²) in [5, 5.41) is 29.0. The number of ether oxygens (including phenoxy) is 3. The van der Waals surface area contributed by atoms with E-state index < -0.39 is 15.8 Å². The molecule has 3 rings (SSSR count). The average Bonchev–Trinajstić information content (AvgIpc) is 3.51. The van der Waals surface area contributed by atoms with Gasteiger partial charge < -0.3 is 25.1 Å². The minimum atomic E-state index is -0.947. The predicted molar refractivity (Wildman–Crippen MR) is 146 cm³/mol. The number of non-ortho nitro benzene ring substituents is 2. The van der Waals surface area contributed by atoms with Crippen LogP contribution in [0.2, 0.25) is 0 Å². The minimum Gasteiger partial charge on any atom is -0.493 e. The number of nitrogens with zero attached hydrogens (tertiary/aromatic N) is 2. The van der Waals surface area contributed by atoms with E-state index in [0.717, 1.165) is 13.2 Å². The normalized spacial score (nSPS) is 10.9. The van der Waals surface area contributed by atoms with E-state index in [4.69, 9.17) is 19.3 Å². The molecule has 13 nitrogen and oxygen atoms in total. The van der Waals surface area contributed by atoms with Crippen molar-refractivity contribution < 1.29 is 38.8 Å². The summed E-state index contributed by atoms with van der Waals surface area (Å²) >= 11 is 0. The summed E-state index contributed by atoms with van der Waals surface area (Å²) < 4.78 is 15.3. The standard InChI is InChI=1S/C11H13NO4.C9H9NO5.C4H8O.CH5N.CH4/c1-2-10(13)7-8-16-11-5-3-9(4-6-11)12(14)15;11-9(12)5-6-15-8-3-1-7(2-4-8)10(13)14;1-2-4-5-3-1;1-2;/h3-6H,2,7-8H2,1H3;1-4H,5-6H2,(H,11,12);1-4H2;2H2,1H3;1H4. The lowest BCUT2D eigenvalue weighted by Crippen LogP contribution is -2.04. The molecule has 0 spiro atoms. The number of nitrogens with two attached hydrogens (primary N) is 1. The molecule has 0 saturated carbocycles. The van der Waals surface area contributed by atoms with E-state index in [1.165, 1.54) is 68.4 Å². The molecule has 39 heavy (non-hydrogen) atoms. The fourth-order valence-corrected chi connectivity index (χ4v) is 2.55. The van der Waals surface area contributed by atoms with Crippen molar-refractivity contribution >= 4 is 23.1 Å². The zero-order chi connectivity index (χ0) is 28.8. The maximum absolute atomic E-state index is 11.0. The third-order valence-electron chi connectivity index (χ3n) is 4.55. The third-order valence-corrected chi connectivity index (χ3v) is 4.55. The Morgan fingerprint density at radius 2 is 1.23 bits per heavy atom. The Bertz CT molecular complexity index is 955. The molecule has 1 aliphatic rings. The largest absolute Gasteiger partial charge is 0.493 e. The van der Waals surface area contributed by atoms with E-state index >= 15 is 0 Å². The second-order valence-electron chi connectivity index (χ2n) is 7.30. The molecule has 0 aromatic heterocycles. The van der Waals surface area contributed by atoms with Crippen LogP contribution in [0, 0.1) is 20.2 Å². The van der Waals surface area contributed by atoms with Crippen LogP contribution in [0.4, 0.5) is 11.4 Å². The van der Waals surface area contributed by atoms with Crippen molar-refractivity contribution in [3.8, 4) is 11.5 Å². The molecule has 0 aliphatic carbocycles. The van der Waals surface area contributed by atoms with Crippen LogP contribution in [0.15, 0.2) is 48.5 Å². The molecule has 0 bridgehead atoms. The second-order valence-corrected chi connectivity index (χ2v) is 7.30. The Morgan fingerprint density at radius 1 is 0.846 bits per heavy atom. The first-order chi connectivity index (χ1) is 18.2. The molecule has 0 atom stereocenters. The minimum absolute atomic E-state index is 0. The molecule has 1 aliphatic heterocycles. The lowest BCUT2D eigenvalue weighted by molar-refractivity contribution is -0.385. The Kier molecular flexibility index (Phi) is 21.9. The predicted octanol–water partition coefficient (Wildman–Crippen LogP) is 4.80. The topological polar surface area (TPSA) is 194 Å². The first-order valence-electron chi connectivity index (χ1n) is 11.9. The summed E-state index contributed by atoms with van der Waals surface area (Å²) in [6.07, 6.45) is 3.33. The summed E-state index contributed by atoms with van der Waals surface area (Å²) in [6.45, 7) is 4.16. The van der Waals surface area contributed by atoms with Gasteiger partial charge in [-0.05, 0) is 44.2 Å². The number of benzene rings is 2. The lowest BCUT2D eigenvalue weighted by Gasteiger charge is -2.04. The number of carboxylic acids is 1. The zero-order valence-electron chi connectivity index (χ0n) is 21.6. The smallest absolute Gasteiger partial charge is 0.306 e. The van der Waals surface area contributed by atoms with E-state index in [1.807, 2.05) is 0 Å². The molecule has 0 radical (unpaired) electrons. The Labute approximate surface area is 228 Å². The van der Waals surface area contributed by atoms with E-state index in [0.29, 0.717) is 30.9 Å². The van der Waals surface area contributed by atoms with Gasteiger partial charge >= 0.3 is 5.97 Å². The van der Waals surface area contributed by atoms with E-state index in [2.05, 4.69) is 5.73 Å². The molecule has 0 amide bonds. The van der Waals surface area contributed by atoms with Crippen LogP contribution in [-0.2, 0) is 14.3 Å². The van der Waals surface area contributed by atoms with Gasteiger partial charge in [-0.15, -0.1) is 0 Å². The highest BCUT2D eigenvalue weighted by Crippen LogP contribution is 2.18. The van der Waals surface area contributed by atoms with Gasteiger partial charge in [0.25, 0.3) is 11.4 Å². The molecule has 2 aromatic rings. The molecular weight excluding hydrogens is 514 g/mol. The van der Waals surface area contributed by atoms with Crippen molar-refractivity contribution in [3.63, 3.8) is 0 Å². The van der Waals surface area contributed by atoms with E-state index in [-0.39, 0.29) is 37.6 Å². The van der Waals surface area contributed by atoms with Crippen LogP contribution in [-0.4, -0.2) is 60.2 Å². The number of carbonyl (C=O) groups excluding carboxylic acids is 1. The highest BCUT2D eigenvalue weighted by Gasteiger charge is 2.06. The highest BCUT2D eigenvalue weighted by molar-refractivity contribution is 5.78. The molecular formula is C26H39N3O10. The summed E-state index contributed by atoms with van der Waals surface area (Å²) in [5.41, 5.74) is 4.50. The summed E-state index contributed by atoms with van der Waals surface area (Å²) in [7, 11) is 1.50. The maximum atomic E-state index is 11.0. The van der Waals surface area contributed by atoms with Crippen LogP contribution in [0.1, 0.15) is 46.5 Å². The van der Waals surface area contributed by atoms with Gasteiger partial charge in [0, 0.05) is 50.3 Å². The van der Waals surface area contributed by atoms with Crippen molar-refractivity contribution in [1.29, 1.82) is 0 Å². The maximum Gasteiger partial charge on any atom is 0.306 e. The molecule has 0 unspecified atom stereocenters. The monoisotopic (exact) mass is 553 g/mol. The quantitative estimate of drug-likeness (QED) is 0.286. The van der Waals surface area contributed by atoms with Gasteiger partial charge in [0.15, 0.2) is 0 Å². The highest BCUT2D eigenvalue weighted by atomic mass is 16.6. The fraction of sp³-hybridized carbons (Fsp3) is 0.462. The van der Waals surface area contributed by atoms with Crippen molar-refractivity contribution in [2.24, 2.45) is 5.73 Å². The van der Waals surface area contributed by atoms with Crippen LogP contribution >= 0.6 is 0 Å². The molecule has 1 saturated heterocycles. The number of aliphatic carboxylic acids is 1. The first kappa shape index (κ1) is 37.1. The third kappa shape index (κ3) is 18.7. The molecule has 13 heteroatoms. The number of hydrogen-bond donors (Lipinski definition) is 2. The molecule has 1 fully saturated rings. The van der Waals surface area contributed by atoms with Gasteiger partial charge in [-0.3, -0.25) is 29.8 Å². The summed E-state index contributed by atoms with van der Waals surface area (Å²) in [4.78, 5) is 40.8. The molecule has 218 valence electrons. The van der Waals surface area contributed by atoms with Crippen molar-refractivity contribution in [3.05, 3.63) is 68.8 Å². The number of ketones is 1. The average molecular weight is 554 g/mol. The summed E-state index contributed by atoms with van der Waals surface area (Å²) in [5.74, 6) is 0.148. The number of nitro groups is 2. The van der Waals surface area contributed by atoms with Gasteiger partial charge in [0.1, 0.15) is 17.3 Å². The van der Waals surface area contributed by atoms with Crippen LogP contribution in [0.25, 0.3) is 0 Å². The molecule has 1 heterocycles. The number of nitro benzene ring substituents is 2. The lowest BCUT2D eigenvalue weighted by atomic mass is 10.2. The molecule has 2 aromatic carbocycles. The van der Waals surface area contributed by atoms with Gasteiger partial charge in [0.2, 0.25) is 0 Å². The number of hydrogen-bond acceptors (Lipinski definition) is 10. The second kappa shape index (κ2) is 23.0. The van der Waals surface area contributed by atoms with Gasteiger partial charge in [0.05, 0.1) is 29.5 Å². The number of carboxylic acid groups (broad SMARTS) is 1. The van der Waals surface area contributed by atoms with Crippen molar-refractivity contribution in [2.45, 2.75) is 46.5 Å². The van der Waals surface area contributed by atoms with Gasteiger partial charge in [-0.1, -0.05) is 14.4 Å². The van der Waals surface area contributed by atoms with Gasteiger partial charge in [-0.2, -0.15) is 0 Å². The Morgan fingerprint density at radius 3 is 1.51 bits per heavy atom.